The Bertz CT molecular complexity index is 512. The summed E-state index contributed by atoms with van der Waals surface area (Å²) in [7, 11) is 0. The van der Waals surface area contributed by atoms with Crippen LogP contribution in [0.3, 0.4) is 0 Å². The second-order valence-corrected chi connectivity index (χ2v) is 6.49. The van der Waals surface area contributed by atoms with Crippen LogP contribution in [0.15, 0.2) is 30.3 Å². The van der Waals surface area contributed by atoms with Crippen LogP contribution in [0.25, 0.3) is 0 Å². The van der Waals surface area contributed by atoms with Crippen LogP contribution >= 0.6 is 11.8 Å². The Morgan fingerprint density at radius 3 is 2.45 bits per heavy atom. The van der Waals surface area contributed by atoms with Crippen LogP contribution in [0.4, 0.5) is 0 Å². The molecule has 1 aliphatic heterocycles. The van der Waals surface area contributed by atoms with E-state index in [0.29, 0.717) is 5.75 Å². The van der Waals surface area contributed by atoms with E-state index in [4.69, 9.17) is 5.26 Å². The Kier molecular flexibility index (Phi) is 7.25. The van der Waals surface area contributed by atoms with Crippen molar-refractivity contribution in [2.24, 2.45) is 0 Å². The second-order valence-electron chi connectivity index (χ2n) is 5.38. The molecule has 1 aromatic carbocycles. The minimum atomic E-state index is -0.130. The first kappa shape index (κ1) is 16.8. The minimum absolute atomic E-state index is 0.130. The summed E-state index contributed by atoms with van der Waals surface area (Å²) in [5, 5.41) is 18.0. The van der Waals surface area contributed by atoms with Crippen molar-refractivity contribution < 1.29 is 0 Å². The van der Waals surface area contributed by atoms with Gasteiger partial charge in [0, 0.05) is 26.2 Å². The first-order valence-corrected chi connectivity index (χ1v) is 8.86. The van der Waals surface area contributed by atoms with Crippen molar-refractivity contribution in [2.75, 3.05) is 44.2 Å². The number of benzene rings is 1. The molecule has 1 atom stereocenters. The quantitative estimate of drug-likeness (QED) is 0.724. The molecule has 5 heteroatoms. The molecule has 0 bridgehead atoms. The lowest BCUT2D eigenvalue weighted by Crippen LogP contribution is -2.47. The zero-order valence-electron chi connectivity index (χ0n) is 12.8. The average Bonchev–Trinajstić information content (AvgIpc) is 2.58. The molecule has 1 saturated heterocycles. The van der Waals surface area contributed by atoms with E-state index in [-0.39, 0.29) is 6.04 Å². The molecule has 1 aliphatic rings. The monoisotopic (exact) mass is 314 g/mol. The molecule has 116 valence electrons. The van der Waals surface area contributed by atoms with Gasteiger partial charge in [-0.3, -0.25) is 4.90 Å². The lowest BCUT2D eigenvalue weighted by atomic mass is 10.1. The van der Waals surface area contributed by atoms with Crippen LogP contribution in [0, 0.1) is 22.7 Å². The zero-order chi connectivity index (χ0) is 15.6. The maximum atomic E-state index is 9.49. The molecular formula is C17H22N4S. The summed E-state index contributed by atoms with van der Waals surface area (Å²) >= 11 is 1.71. The number of rotatable bonds is 7. The van der Waals surface area contributed by atoms with Gasteiger partial charge < -0.3 is 4.90 Å². The lowest BCUT2D eigenvalue weighted by Gasteiger charge is -2.37. The molecule has 2 rings (SSSR count). The zero-order valence-corrected chi connectivity index (χ0v) is 13.6. The standard InChI is InChI=1S/C17H22N4S/c18-7-14-22-13-4-8-20-9-11-21(12-10-20)17(15-19)16-5-2-1-3-6-16/h1-3,5-6,17H,4,8-14H2/t17-/m0/s1. The molecule has 1 aromatic rings. The number of nitrogens with zero attached hydrogens (tertiary/aromatic N) is 4. The van der Waals surface area contributed by atoms with Crippen LogP contribution < -0.4 is 0 Å². The van der Waals surface area contributed by atoms with Gasteiger partial charge in [0.25, 0.3) is 0 Å². The summed E-state index contributed by atoms with van der Waals surface area (Å²) < 4.78 is 0. The molecule has 0 N–H and O–H groups in total. The van der Waals surface area contributed by atoms with Crippen LogP contribution in [0.1, 0.15) is 18.0 Å². The Balaban J connectivity index is 1.75. The molecule has 0 radical (unpaired) electrons. The first-order chi connectivity index (χ1) is 10.8. The Labute approximate surface area is 137 Å². The lowest BCUT2D eigenvalue weighted by molar-refractivity contribution is 0.114. The van der Waals surface area contributed by atoms with Crippen LogP contribution in [0.5, 0.6) is 0 Å². The first-order valence-electron chi connectivity index (χ1n) is 7.71. The second kappa shape index (κ2) is 9.48. The molecule has 0 aliphatic carbocycles. The van der Waals surface area contributed by atoms with Gasteiger partial charge >= 0.3 is 0 Å². The highest BCUT2D eigenvalue weighted by Gasteiger charge is 2.24. The highest BCUT2D eigenvalue weighted by atomic mass is 32.2. The molecule has 0 amide bonds. The third-order valence-corrected chi connectivity index (χ3v) is 4.85. The number of thioether (sulfide) groups is 1. The molecule has 0 spiro atoms. The van der Waals surface area contributed by atoms with Crippen molar-refractivity contribution in [3.05, 3.63) is 35.9 Å². The SMILES string of the molecule is N#CCSCCCN1CCN([C@@H](C#N)c2ccccc2)CC1. The van der Waals surface area contributed by atoms with E-state index in [9.17, 15) is 5.26 Å². The molecule has 4 nitrogen and oxygen atoms in total. The maximum Gasteiger partial charge on any atom is 0.123 e. The van der Waals surface area contributed by atoms with Crippen molar-refractivity contribution in [3.8, 4) is 12.1 Å². The molecule has 0 unspecified atom stereocenters. The number of nitriles is 2. The van der Waals surface area contributed by atoms with Gasteiger partial charge in [-0.05, 0) is 24.3 Å². The fourth-order valence-electron chi connectivity index (χ4n) is 2.76. The van der Waals surface area contributed by atoms with Gasteiger partial charge in [0.1, 0.15) is 6.04 Å². The highest BCUT2D eigenvalue weighted by molar-refractivity contribution is 7.99. The highest BCUT2D eigenvalue weighted by Crippen LogP contribution is 2.21. The number of piperazine rings is 1. The molecule has 0 aromatic heterocycles. The van der Waals surface area contributed by atoms with E-state index < -0.39 is 0 Å². The van der Waals surface area contributed by atoms with Gasteiger partial charge in [0.05, 0.1) is 17.9 Å². The predicted molar refractivity (Wildman–Crippen MR) is 90.4 cm³/mol. The smallest absolute Gasteiger partial charge is 0.123 e. The Hall–Kier alpha value is -1.53. The van der Waals surface area contributed by atoms with Gasteiger partial charge in [-0.1, -0.05) is 30.3 Å². The summed E-state index contributed by atoms with van der Waals surface area (Å²) in [4.78, 5) is 4.74. The molecule has 1 heterocycles. The number of hydrogen-bond donors (Lipinski definition) is 0. The van der Waals surface area contributed by atoms with E-state index in [1.165, 1.54) is 0 Å². The summed E-state index contributed by atoms with van der Waals surface area (Å²) in [5.41, 5.74) is 1.09. The molecule has 0 saturated carbocycles. The van der Waals surface area contributed by atoms with Crippen molar-refractivity contribution in [2.45, 2.75) is 12.5 Å². The van der Waals surface area contributed by atoms with Crippen LogP contribution in [0.2, 0.25) is 0 Å². The van der Waals surface area contributed by atoms with Gasteiger partial charge in [0.2, 0.25) is 0 Å². The van der Waals surface area contributed by atoms with Gasteiger partial charge in [-0.2, -0.15) is 10.5 Å². The van der Waals surface area contributed by atoms with Crippen LogP contribution in [-0.4, -0.2) is 54.0 Å². The van der Waals surface area contributed by atoms with E-state index >= 15 is 0 Å². The minimum Gasteiger partial charge on any atom is -0.301 e. The van der Waals surface area contributed by atoms with Gasteiger partial charge in [-0.15, -0.1) is 11.8 Å². The van der Waals surface area contributed by atoms with Crippen molar-refractivity contribution in [1.29, 1.82) is 10.5 Å². The van der Waals surface area contributed by atoms with E-state index in [1.807, 2.05) is 30.3 Å². The third kappa shape index (κ3) is 5.03. The normalized spacial score (nSPS) is 17.5. The van der Waals surface area contributed by atoms with E-state index in [1.54, 1.807) is 11.8 Å². The largest absolute Gasteiger partial charge is 0.301 e. The van der Waals surface area contributed by atoms with Crippen LogP contribution in [-0.2, 0) is 0 Å². The average molecular weight is 314 g/mol. The topological polar surface area (TPSA) is 54.1 Å². The Morgan fingerprint density at radius 1 is 1.09 bits per heavy atom. The van der Waals surface area contributed by atoms with Crippen molar-refractivity contribution in [3.63, 3.8) is 0 Å². The van der Waals surface area contributed by atoms with Gasteiger partial charge in [0.15, 0.2) is 0 Å². The van der Waals surface area contributed by atoms with Gasteiger partial charge in [-0.25, -0.2) is 0 Å². The molecular weight excluding hydrogens is 292 g/mol. The van der Waals surface area contributed by atoms with Crippen molar-refractivity contribution >= 4 is 11.8 Å². The van der Waals surface area contributed by atoms with E-state index in [0.717, 1.165) is 50.5 Å². The summed E-state index contributed by atoms with van der Waals surface area (Å²) in [6.45, 7) is 5.02. The fraction of sp³-hybridized carbons (Fsp3) is 0.529. The van der Waals surface area contributed by atoms with Crippen molar-refractivity contribution in [1.82, 2.24) is 9.80 Å². The number of hydrogen-bond acceptors (Lipinski definition) is 5. The summed E-state index contributed by atoms with van der Waals surface area (Å²) in [6, 6.07) is 14.5. The summed E-state index contributed by atoms with van der Waals surface area (Å²) in [6.07, 6.45) is 1.13. The molecule has 22 heavy (non-hydrogen) atoms. The Morgan fingerprint density at radius 2 is 1.82 bits per heavy atom. The maximum absolute atomic E-state index is 9.49. The third-order valence-electron chi connectivity index (χ3n) is 3.94. The fourth-order valence-corrected chi connectivity index (χ4v) is 3.32. The van der Waals surface area contributed by atoms with E-state index in [2.05, 4.69) is 21.9 Å². The molecule has 1 fully saturated rings. The predicted octanol–water partition coefficient (Wildman–Crippen LogP) is 2.52. The summed E-state index contributed by atoms with van der Waals surface area (Å²) in [5.74, 6) is 1.65.